The summed E-state index contributed by atoms with van der Waals surface area (Å²) < 4.78 is 54.8. The number of hydrogen-bond donors (Lipinski definition) is 1. The second-order valence-corrected chi connectivity index (χ2v) is 9.09. The molecule has 0 saturated carbocycles. The molecular weight excluding hydrogens is 479 g/mol. The number of carbonyl (C=O) groups is 1. The first-order valence-corrected chi connectivity index (χ1v) is 11.9. The number of rotatable bonds is 8. The van der Waals surface area contributed by atoms with Crippen LogP contribution in [0.25, 0.3) is 0 Å². The van der Waals surface area contributed by atoms with Crippen molar-refractivity contribution in [2.75, 3.05) is 57.9 Å². The van der Waals surface area contributed by atoms with E-state index < -0.39 is 18.7 Å². The van der Waals surface area contributed by atoms with E-state index >= 15 is 0 Å². The van der Waals surface area contributed by atoms with E-state index in [1.807, 2.05) is 6.07 Å². The molecule has 2 saturated heterocycles. The Bertz CT molecular complexity index is 1040. The molecule has 3 heterocycles. The van der Waals surface area contributed by atoms with Crippen LogP contribution in [0.5, 0.6) is 11.5 Å². The van der Waals surface area contributed by atoms with E-state index in [1.54, 1.807) is 30.6 Å². The number of piperidine rings is 1. The zero-order chi connectivity index (χ0) is 25.7. The standard InChI is InChI=1S/C25H30F3N3O5/c1-34-22-3-2-18(10-21(22)24(32)33)23-14-31(8-9-35-23)19-11-20(13-29-12-19)36-15-17-4-6-30(7-5-17)16-25(26,27)28/h2-3,10-13,17,23H,4-9,14-16H2,1H3,(H,32,33). The molecule has 2 fully saturated rings. The number of pyridine rings is 1. The summed E-state index contributed by atoms with van der Waals surface area (Å²) in [6.45, 7) is 2.00. The number of aromatic nitrogens is 1. The van der Waals surface area contributed by atoms with Gasteiger partial charge in [0, 0.05) is 19.2 Å². The predicted octanol–water partition coefficient (Wildman–Crippen LogP) is 4.02. The van der Waals surface area contributed by atoms with E-state index in [-0.39, 0.29) is 17.6 Å². The average Bonchev–Trinajstić information content (AvgIpc) is 2.87. The van der Waals surface area contributed by atoms with Gasteiger partial charge in [0.15, 0.2) is 0 Å². The van der Waals surface area contributed by atoms with Gasteiger partial charge in [-0.2, -0.15) is 13.2 Å². The number of aromatic carboxylic acids is 1. The highest BCUT2D eigenvalue weighted by Gasteiger charge is 2.32. The molecule has 1 aromatic heterocycles. The van der Waals surface area contributed by atoms with Crippen LogP contribution in [0.1, 0.15) is 34.9 Å². The number of carboxylic acids is 1. The molecule has 36 heavy (non-hydrogen) atoms. The van der Waals surface area contributed by atoms with E-state index in [0.717, 1.165) is 11.3 Å². The molecule has 1 atom stereocenters. The first kappa shape index (κ1) is 26.0. The Balaban J connectivity index is 1.34. The summed E-state index contributed by atoms with van der Waals surface area (Å²) in [6, 6.07) is 6.90. The summed E-state index contributed by atoms with van der Waals surface area (Å²) in [5.41, 5.74) is 1.68. The lowest BCUT2D eigenvalue weighted by molar-refractivity contribution is -0.148. The van der Waals surface area contributed by atoms with Crippen molar-refractivity contribution in [3.8, 4) is 11.5 Å². The van der Waals surface area contributed by atoms with Gasteiger partial charge in [0.2, 0.25) is 0 Å². The van der Waals surface area contributed by atoms with Gasteiger partial charge in [-0.15, -0.1) is 0 Å². The molecular formula is C25H30F3N3O5. The van der Waals surface area contributed by atoms with E-state index in [2.05, 4.69) is 9.88 Å². The van der Waals surface area contributed by atoms with Crippen LogP contribution >= 0.6 is 0 Å². The molecule has 0 aliphatic carbocycles. The molecule has 0 spiro atoms. The van der Waals surface area contributed by atoms with E-state index in [9.17, 15) is 23.1 Å². The minimum absolute atomic E-state index is 0.0806. The zero-order valence-electron chi connectivity index (χ0n) is 20.0. The fraction of sp³-hybridized carbons (Fsp3) is 0.520. The summed E-state index contributed by atoms with van der Waals surface area (Å²) in [4.78, 5) is 19.4. The predicted molar refractivity (Wildman–Crippen MR) is 126 cm³/mol. The van der Waals surface area contributed by atoms with Gasteiger partial charge in [-0.05, 0) is 49.5 Å². The normalized spacial score (nSPS) is 19.8. The molecule has 2 aliphatic rings. The SMILES string of the molecule is COc1ccc(C2CN(c3cncc(OCC4CCN(CC(F)(F)F)CC4)c3)CCO2)cc1C(=O)O. The molecule has 1 aromatic carbocycles. The van der Waals surface area contributed by atoms with Gasteiger partial charge in [0.1, 0.15) is 23.2 Å². The van der Waals surface area contributed by atoms with Crippen molar-refractivity contribution in [2.45, 2.75) is 25.1 Å². The largest absolute Gasteiger partial charge is 0.496 e. The van der Waals surface area contributed by atoms with E-state index in [0.29, 0.717) is 63.7 Å². The van der Waals surface area contributed by atoms with Gasteiger partial charge in [-0.1, -0.05) is 6.07 Å². The van der Waals surface area contributed by atoms with Crippen molar-refractivity contribution in [3.63, 3.8) is 0 Å². The third-order valence-corrected chi connectivity index (χ3v) is 6.55. The van der Waals surface area contributed by atoms with Crippen LogP contribution in [0.3, 0.4) is 0 Å². The highest BCUT2D eigenvalue weighted by molar-refractivity contribution is 5.91. The Morgan fingerprint density at radius 1 is 1.19 bits per heavy atom. The molecule has 8 nitrogen and oxygen atoms in total. The van der Waals surface area contributed by atoms with E-state index in [1.165, 1.54) is 12.0 Å². The summed E-state index contributed by atoms with van der Waals surface area (Å²) in [5, 5.41) is 9.48. The van der Waals surface area contributed by atoms with Crippen LogP contribution in [0, 0.1) is 5.92 Å². The number of nitrogens with zero attached hydrogens (tertiary/aromatic N) is 3. The molecule has 4 rings (SSSR count). The fourth-order valence-electron chi connectivity index (χ4n) is 4.62. The topological polar surface area (TPSA) is 84.4 Å². The van der Waals surface area contributed by atoms with Gasteiger partial charge in [-0.25, -0.2) is 4.79 Å². The number of anilines is 1. The molecule has 0 radical (unpaired) electrons. The third-order valence-electron chi connectivity index (χ3n) is 6.55. The van der Waals surface area contributed by atoms with Gasteiger partial charge in [-0.3, -0.25) is 9.88 Å². The molecule has 1 N–H and O–H groups in total. The lowest BCUT2D eigenvalue weighted by atomic mass is 9.98. The minimum atomic E-state index is -4.17. The number of halogens is 3. The molecule has 196 valence electrons. The number of carboxylic acid groups (broad SMARTS) is 1. The fourth-order valence-corrected chi connectivity index (χ4v) is 4.62. The Hall–Kier alpha value is -3.05. The maximum absolute atomic E-state index is 12.6. The number of methoxy groups -OCH3 is 1. The van der Waals surface area contributed by atoms with Crippen LogP contribution < -0.4 is 14.4 Å². The number of likely N-dealkylation sites (tertiary alicyclic amines) is 1. The number of ether oxygens (including phenoxy) is 3. The molecule has 2 aromatic rings. The number of morpholine rings is 1. The molecule has 1 unspecified atom stereocenters. The highest BCUT2D eigenvalue weighted by Crippen LogP contribution is 2.31. The Kier molecular flexibility index (Phi) is 8.20. The maximum Gasteiger partial charge on any atom is 0.401 e. The van der Waals surface area contributed by atoms with Gasteiger partial charge >= 0.3 is 12.1 Å². The summed E-state index contributed by atoms with van der Waals surface area (Å²) in [6.07, 6.45) is 0.196. The Morgan fingerprint density at radius 2 is 1.97 bits per heavy atom. The van der Waals surface area contributed by atoms with Crippen molar-refractivity contribution < 1.29 is 37.3 Å². The maximum atomic E-state index is 12.6. The number of alkyl halides is 3. The van der Waals surface area contributed by atoms with Crippen LogP contribution in [-0.2, 0) is 4.74 Å². The molecule has 2 aliphatic heterocycles. The van der Waals surface area contributed by atoms with Crippen LogP contribution in [0.2, 0.25) is 0 Å². The second-order valence-electron chi connectivity index (χ2n) is 9.09. The lowest BCUT2D eigenvalue weighted by Crippen LogP contribution is -2.41. The van der Waals surface area contributed by atoms with Gasteiger partial charge < -0.3 is 24.2 Å². The van der Waals surface area contributed by atoms with E-state index in [4.69, 9.17) is 14.2 Å². The zero-order valence-corrected chi connectivity index (χ0v) is 20.0. The van der Waals surface area contributed by atoms with Crippen molar-refractivity contribution in [1.82, 2.24) is 9.88 Å². The third kappa shape index (κ3) is 6.79. The van der Waals surface area contributed by atoms with Gasteiger partial charge in [0.05, 0.1) is 44.9 Å². The highest BCUT2D eigenvalue weighted by atomic mass is 19.4. The monoisotopic (exact) mass is 509 g/mol. The van der Waals surface area contributed by atoms with Crippen molar-refractivity contribution in [3.05, 3.63) is 47.8 Å². The molecule has 0 amide bonds. The second kappa shape index (κ2) is 11.3. The Labute approximate surface area is 207 Å². The quantitative estimate of drug-likeness (QED) is 0.572. The van der Waals surface area contributed by atoms with Crippen LogP contribution in [0.15, 0.2) is 36.7 Å². The summed E-state index contributed by atoms with van der Waals surface area (Å²) in [5.74, 6) is 0.0238. The molecule has 11 heteroatoms. The average molecular weight is 510 g/mol. The van der Waals surface area contributed by atoms with Crippen molar-refractivity contribution >= 4 is 11.7 Å². The first-order valence-electron chi connectivity index (χ1n) is 11.9. The van der Waals surface area contributed by atoms with Crippen LogP contribution in [-0.4, -0.2) is 80.2 Å². The first-order chi connectivity index (χ1) is 17.2. The lowest BCUT2D eigenvalue weighted by Gasteiger charge is -2.35. The van der Waals surface area contributed by atoms with Crippen LogP contribution in [0.4, 0.5) is 18.9 Å². The number of hydrogen-bond acceptors (Lipinski definition) is 7. The summed E-state index contributed by atoms with van der Waals surface area (Å²) >= 11 is 0. The number of benzene rings is 1. The van der Waals surface area contributed by atoms with Gasteiger partial charge in [0.25, 0.3) is 0 Å². The smallest absolute Gasteiger partial charge is 0.401 e. The van der Waals surface area contributed by atoms with Crippen molar-refractivity contribution in [1.29, 1.82) is 0 Å². The van der Waals surface area contributed by atoms with Crippen molar-refractivity contribution in [2.24, 2.45) is 5.92 Å². The minimum Gasteiger partial charge on any atom is -0.496 e. The summed E-state index contributed by atoms with van der Waals surface area (Å²) in [7, 11) is 1.43. The Morgan fingerprint density at radius 3 is 2.67 bits per heavy atom. The molecule has 0 bridgehead atoms.